The van der Waals surface area contributed by atoms with E-state index in [1.54, 1.807) is 30.0 Å². The number of halogens is 1. The number of aliphatic imine (C=N–C) groups is 1. The molecule has 4 nitrogen and oxygen atoms in total. The molecule has 134 valence electrons. The molecule has 2 aromatic carbocycles. The second-order valence-electron chi connectivity index (χ2n) is 5.31. The quantitative estimate of drug-likeness (QED) is 0.635. The Morgan fingerprint density at radius 2 is 1.96 bits per heavy atom. The first-order chi connectivity index (χ1) is 12.6. The highest BCUT2D eigenvalue weighted by atomic mass is 35.5. The molecule has 26 heavy (non-hydrogen) atoms. The number of rotatable bonds is 5. The molecule has 2 aromatic rings. The molecule has 0 unspecified atom stereocenters. The van der Waals surface area contributed by atoms with Gasteiger partial charge in [-0.3, -0.25) is 4.79 Å². The van der Waals surface area contributed by atoms with E-state index in [9.17, 15) is 4.79 Å². The first kappa shape index (κ1) is 18.9. The number of benzene rings is 2. The van der Waals surface area contributed by atoms with Gasteiger partial charge in [0.25, 0.3) is 0 Å². The largest absolute Gasteiger partial charge is 0.493 e. The molecule has 3 rings (SSSR count). The third-order valence-corrected chi connectivity index (χ3v) is 5.93. The molecule has 1 heterocycles. The lowest BCUT2D eigenvalue weighted by Gasteiger charge is -2.10. The van der Waals surface area contributed by atoms with Crippen molar-refractivity contribution in [1.82, 2.24) is 0 Å². The fraction of sp³-hybridized carbons (Fsp3) is 0.158. The first-order valence-electron chi connectivity index (χ1n) is 7.71. The van der Waals surface area contributed by atoms with Crippen LogP contribution in [-0.4, -0.2) is 23.7 Å². The van der Waals surface area contributed by atoms with Crippen molar-refractivity contribution in [2.75, 3.05) is 14.2 Å². The van der Waals surface area contributed by atoms with Crippen LogP contribution in [0.3, 0.4) is 0 Å². The molecule has 0 amide bonds. The van der Waals surface area contributed by atoms with E-state index in [4.69, 9.17) is 21.1 Å². The maximum Gasteiger partial charge on any atom is 0.244 e. The molecule has 0 saturated heterocycles. The molecule has 0 spiro atoms. The van der Waals surface area contributed by atoms with Crippen LogP contribution in [0.15, 0.2) is 53.2 Å². The van der Waals surface area contributed by atoms with E-state index in [0.717, 1.165) is 27.5 Å². The van der Waals surface area contributed by atoms with Crippen molar-refractivity contribution in [2.45, 2.75) is 5.75 Å². The van der Waals surface area contributed by atoms with Gasteiger partial charge in [-0.25, -0.2) is 4.99 Å². The maximum atomic E-state index is 12.2. The molecule has 0 radical (unpaired) electrons. The van der Waals surface area contributed by atoms with E-state index in [2.05, 4.69) is 17.1 Å². The summed E-state index contributed by atoms with van der Waals surface area (Å²) in [5, 5.41) is 0.339. The van der Waals surface area contributed by atoms with E-state index in [0.29, 0.717) is 22.2 Å². The van der Waals surface area contributed by atoms with Gasteiger partial charge in [0.2, 0.25) is 5.12 Å². The summed E-state index contributed by atoms with van der Waals surface area (Å²) in [6, 6.07) is 13.6. The van der Waals surface area contributed by atoms with Gasteiger partial charge in [-0.05, 0) is 41.1 Å². The fourth-order valence-electron chi connectivity index (χ4n) is 2.35. The summed E-state index contributed by atoms with van der Waals surface area (Å²) in [7, 11) is 3.07. The smallest absolute Gasteiger partial charge is 0.244 e. The maximum absolute atomic E-state index is 12.2. The number of hydrogen-bond donors (Lipinski definition) is 0. The van der Waals surface area contributed by atoms with Crippen LogP contribution in [0.1, 0.15) is 11.1 Å². The van der Waals surface area contributed by atoms with Crippen molar-refractivity contribution >= 4 is 50.7 Å². The standard InChI is InChI=1S/C19H16ClNO3S2/c1-23-16-10-13(8-14(20)17(16)24-2)9-15-18(22)26-19(21-15)25-11-12-6-4-3-5-7-12/h3-10H,11H2,1-2H3/b15-9+. The number of carbonyl (C=O) groups is 1. The average molecular weight is 406 g/mol. The molecule has 1 aliphatic heterocycles. The van der Waals surface area contributed by atoms with E-state index in [1.165, 1.54) is 19.8 Å². The number of nitrogens with zero attached hydrogens (tertiary/aromatic N) is 1. The van der Waals surface area contributed by atoms with E-state index >= 15 is 0 Å². The van der Waals surface area contributed by atoms with Crippen molar-refractivity contribution in [3.05, 3.63) is 64.3 Å². The van der Waals surface area contributed by atoms with Crippen LogP contribution in [0.4, 0.5) is 0 Å². The topological polar surface area (TPSA) is 47.9 Å². The normalized spacial score (nSPS) is 15.3. The molecule has 0 aromatic heterocycles. The van der Waals surface area contributed by atoms with Crippen molar-refractivity contribution in [3.63, 3.8) is 0 Å². The summed E-state index contributed by atoms with van der Waals surface area (Å²) in [5.41, 5.74) is 2.32. The second kappa shape index (κ2) is 8.66. The van der Waals surface area contributed by atoms with Gasteiger partial charge in [0.05, 0.1) is 19.2 Å². The summed E-state index contributed by atoms with van der Waals surface area (Å²) >= 11 is 8.92. The molecular weight excluding hydrogens is 390 g/mol. The van der Waals surface area contributed by atoms with E-state index in [-0.39, 0.29) is 5.12 Å². The average Bonchev–Trinajstić information content (AvgIpc) is 3.00. The van der Waals surface area contributed by atoms with Gasteiger partial charge >= 0.3 is 0 Å². The lowest BCUT2D eigenvalue weighted by molar-refractivity contribution is -0.107. The summed E-state index contributed by atoms with van der Waals surface area (Å²) in [6.45, 7) is 0. The highest BCUT2D eigenvalue weighted by molar-refractivity contribution is 8.45. The van der Waals surface area contributed by atoms with Crippen LogP contribution in [-0.2, 0) is 10.5 Å². The van der Waals surface area contributed by atoms with Crippen LogP contribution in [0, 0.1) is 0 Å². The number of carbonyl (C=O) groups excluding carboxylic acids is 1. The molecule has 7 heteroatoms. The third-order valence-electron chi connectivity index (χ3n) is 3.57. The van der Waals surface area contributed by atoms with Crippen LogP contribution in [0.5, 0.6) is 11.5 Å². The van der Waals surface area contributed by atoms with Crippen LogP contribution in [0.25, 0.3) is 6.08 Å². The van der Waals surface area contributed by atoms with Gasteiger partial charge < -0.3 is 9.47 Å². The summed E-state index contributed by atoms with van der Waals surface area (Å²) in [6.07, 6.45) is 1.71. The Morgan fingerprint density at radius 1 is 1.19 bits per heavy atom. The summed E-state index contributed by atoms with van der Waals surface area (Å²) in [4.78, 5) is 16.7. The minimum Gasteiger partial charge on any atom is -0.493 e. The predicted molar refractivity (Wildman–Crippen MR) is 110 cm³/mol. The molecule has 0 fully saturated rings. The highest BCUT2D eigenvalue weighted by Crippen LogP contribution is 2.38. The van der Waals surface area contributed by atoms with Crippen LogP contribution in [0.2, 0.25) is 5.02 Å². The fourth-order valence-corrected chi connectivity index (χ4v) is 4.44. The molecule has 1 aliphatic rings. The van der Waals surface area contributed by atoms with Crippen molar-refractivity contribution in [1.29, 1.82) is 0 Å². The lowest BCUT2D eigenvalue weighted by Crippen LogP contribution is -1.93. The summed E-state index contributed by atoms with van der Waals surface area (Å²) in [5.74, 6) is 1.74. The van der Waals surface area contributed by atoms with Crippen LogP contribution >= 0.6 is 35.1 Å². The van der Waals surface area contributed by atoms with Crippen LogP contribution < -0.4 is 9.47 Å². The van der Waals surface area contributed by atoms with Gasteiger partial charge in [-0.15, -0.1) is 0 Å². The summed E-state index contributed by atoms with van der Waals surface area (Å²) < 4.78 is 11.3. The molecule has 0 aliphatic carbocycles. The van der Waals surface area contributed by atoms with Gasteiger partial charge in [-0.1, -0.05) is 53.7 Å². The zero-order valence-corrected chi connectivity index (χ0v) is 16.6. The Bertz CT molecular complexity index is 882. The monoisotopic (exact) mass is 405 g/mol. The Morgan fingerprint density at radius 3 is 2.65 bits per heavy atom. The van der Waals surface area contributed by atoms with E-state index in [1.807, 2.05) is 18.2 Å². The van der Waals surface area contributed by atoms with Crippen molar-refractivity contribution in [2.24, 2.45) is 4.99 Å². The van der Waals surface area contributed by atoms with Gasteiger partial charge in [0.15, 0.2) is 11.5 Å². The Labute approximate surface area is 165 Å². The molecule has 0 bridgehead atoms. The Balaban J connectivity index is 1.79. The molecule has 0 N–H and O–H groups in total. The van der Waals surface area contributed by atoms with E-state index < -0.39 is 0 Å². The first-order valence-corrected chi connectivity index (χ1v) is 9.89. The van der Waals surface area contributed by atoms with Crippen molar-refractivity contribution in [3.8, 4) is 11.5 Å². The Kier molecular flexibility index (Phi) is 6.29. The number of ether oxygens (including phenoxy) is 2. The minimum atomic E-state index is -0.0773. The number of hydrogen-bond acceptors (Lipinski definition) is 6. The van der Waals surface area contributed by atoms with Gasteiger partial charge in [0, 0.05) is 5.75 Å². The lowest BCUT2D eigenvalue weighted by atomic mass is 10.1. The molecular formula is C19H16ClNO3S2. The Hall–Kier alpha value is -1.89. The SMILES string of the molecule is COc1cc(/C=C2/N=C(SCc3ccccc3)SC2=O)cc(Cl)c1OC. The predicted octanol–water partition coefficient (Wildman–Crippen LogP) is 5.26. The highest BCUT2D eigenvalue weighted by Gasteiger charge is 2.23. The number of thioether (sulfide) groups is 2. The van der Waals surface area contributed by atoms with Gasteiger partial charge in [0.1, 0.15) is 10.1 Å². The number of methoxy groups -OCH3 is 2. The molecule has 0 atom stereocenters. The molecule has 0 saturated carbocycles. The third kappa shape index (κ3) is 4.44. The van der Waals surface area contributed by atoms with Crippen molar-refractivity contribution < 1.29 is 14.3 Å². The zero-order valence-electron chi connectivity index (χ0n) is 14.2. The minimum absolute atomic E-state index is 0.0773. The zero-order chi connectivity index (χ0) is 18.5. The second-order valence-corrected chi connectivity index (χ2v) is 7.90. The van der Waals surface area contributed by atoms with Gasteiger partial charge in [-0.2, -0.15) is 0 Å².